The summed E-state index contributed by atoms with van der Waals surface area (Å²) in [5, 5.41) is 18.7. The van der Waals surface area contributed by atoms with Crippen LogP contribution in [0.25, 0.3) is 0 Å². The van der Waals surface area contributed by atoms with Gasteiger partial charge in [-0.25, -0.2) is 4.39 Å². The van der Waals surface area contributed by atoms with E-state index in [9.17, 15) is 18.9 Å². The van der Waals surface area contributed by atoms with Gasteiger partial charge in [0.25, 0.3) is 0 Å². The van der Waals surface area contributed by atoms with E-state index in [1.165, 1.54) is 18.2 Å². The molecule has 2 rings (SSSR count). The number of hydrogen-bond acceptors (Lipinski definition) is 6. The third-order valence-corrected chi connectivity index (χ3v) is 5.59. The van der Waals surface area contributed by atoms with Crippen molar-refractivity contribution in [1.82, 2.24) is 0 Å². The fourth-order valence-electron chi connectivity index (χ4n) is 2.37. The minimum Gasteiger partial charge on any atom is -0.488 e. The monoisotopic (exact) mass is 480 g/mol. The van der Waals surface area contributed by atoms with Gasteiger partial charge in [-0.15, -0.1) is 0 Å². The summed E-state index contributed by atoms with van der Waals surface area (Å²) in [5.41, 5.74) is 1.22. The van der Waals surface area contributed by atoms with Crippen molar-refractivity contribution < 1.29 is 38.0 Å². The van der Waals surface area contributed by atoms with Gasteiger partial charge < -0.3 is 24.2 Å². The van der Waals surface area contributed by atoms with Crippen LogP contribution in [-0.4, -0.2) is 35.2 Å². The second-order valence-electron chi connectivity index (χ2n) is 6.22. The van der Waals surface area contributed by atoms with Crippen LogP contribution in [0.3, 0.4) is 0 Å². The van der Waals surface area contributed by atoms with E-state index in [2.05, 4.69) is 0 Å². The molecular formula is C19H20Cl2FO7P. The second kappa shape index (κ2) is 12.2. The Hall–Kier alpha value is -1.67. The number of carboxylic acids is 1. The molecule has 0 bridgehead atoms. The van der Waals surface area contributed by atoms with Gasteiger partial charge in [-0.3, -0.25) is 9.36 Å². The van der Waals surface area contributed by atoms with Gasteiger partial charge in [0, 0.05) is 16.7 Å². The van der Waals surface area contributed by atoms with E-state index < -0.39 is 26.5 Å². The SMILES string of the molecule is O=C(O)CC(O)C[PH](=O)OCOCc1c(Cl)cc(Cl)cc1OCc1ccc(F)cc1. The molecule has 0 amide bonds. The maximum atomic E-state index is 13.0. The molecule has 2 atom stereocenters. The van der Waals surface area contributed by atoms with Crippen molar-refractivity contribution in [3.8, 4) is 5.75 Å². The molecule has 0 fully saturated rings. The van der Waals surface area contributed by atoms with E-state index in [1.807, 2.05) is 0 Å². The molecule has 2 N–H and O–H groups in total. The Kier molecular flexibility index (Phi) is 10.0. The number of aliphatic hydroxyl groups is 1. The normalized spacial score (nSPS) is 13.1. The number of halogens is 3. The standard InChI is InChI=1S/C19H20Cl2FO7P/c20-13-5-17(21)16(9-27-11-29-30(26)10-15(23)7-19(24)25)18(6-13)28-8-12-1-3-14(22)4-2-12/h1-6,15,23,30H,7-11H2,(H,24,25). The molecule has 7 nitrogen and oxygen atoms in total. The fourth-order valence-corrected chi connectivity index (χ4v) is 3.76. The van der Waals surface area contributed by atoms with E-state index in [0.717, 1.165) is 5.56 Å². The zero-order chi connectivity index (χ0) is 22.1. The van der Waals surface area contributed by atoms with Crippen LogP contribution in [-0.2, 0) is 31.8 Å². The first-order valence-corrected chi connectivity index (χ1v) is 11.0. The van der Waals surface area contributed by atoms with Gasteiger partial charge in [0.15, 0.2) is 14.8 Å². The predicted molar refractivity (Wildman–Crippen MR) is 110 cm³/mol. The minimum atomic E-state index is -2.67. The zero-order valence-corrected chi connectivity index (χ0v) is 18.2. The molecule has 0 saturated carbocycles. The molecule has 11 heteroatoms. The topological polar surface area (TPSA) is 102 Å². The fraction of sp³-hybridized carbons (Fsp3) is 0.316. The molecule has 164 valence electrons. The van der Waals surface area contributed by atoms with Crippen LogP contribution in [0.5, 0.6) is 5.75 Å². The molecule has 2 unspecified atom stereocenters. The molecular weight excluding hydrogens is 461 g/mol. The van der Waals surface area contributed by atoms with Crippen LogP contribution >= 0.6 is 31.2 Å². The number of hydrogen-bond donors (Lipinski definition) is 2. The van der Waals surface area contributed by atoms with Gasteiger partial charge in [0.2, 0.25) is 0 Å². The van der Waals surface area contributed by atoms with E-state index in [1.54, 1.807) is 18.2 Å². The Morgan fingerprint density at radius 1 is 1.17 bits per heavy atom. The maximum Gasteiger partial charge on any atom is 0.305 e. The van der Waals surface area contributed by atoms with Crippen LogP contribution in [0.1, 0.15) is 17.5 Å². The number of aliphatic carboxylic acids is 1. The molecule has 0 radical (unpaired) electrons. The van der Waals surface area contributed by atoms with Crippen molar-refractivity contribution in [1.29, 1.82) is 0 Å². The van der Waals surface area contributed by atoms with Gasteiger partial charge in [0.05, 0.1) is 24.2 Å². The molecule has 0 aliphatic heterocycles. The molecule has 2 aromatic rings. The number of aliphatic hydroxyl groups excluding tert-OH is 1. The Morgan fingerprint density at radius 3 is 2.53 bits per heavy atom. The third-order valence-electron chi connectivity index (χ3n) is 3.79. The van der Waals surface area contributed by atoms with Crippen molar-refractivity contribution in [2.45, 2.75) is 25.7 Å². The summed E-state index contributed by atoms with van der Waals surface area (Å²) in [6, 6.07) is 8.88. The maximum absolute atomic E-state index is 13.0. The summed E-state index contributed by atoms with van der Waals surface area (Å²) in [4.78, 5) is 10.5. The highest BCUT2D eigenvalue weighted by molar-refractivity contribution is 7.39. The number of benzene rings is 2. The number of ether oxygens (including phenoxy) is 2. The van der Waals surface area contributed by atoms with E-state index in [-0.39, 0.29) is 32.0 Å². The van der Waals surface area contributed by atoms with Crippen LogP contribution < -0.4 is 4.74 Å². The first-order valence-electron chi connectivity index (χ1n) is 8.73. The van der Waals surface area contributed by atoms with Crippen molar-refractivity contribution in [2.24, 2.45) is 0 Å². The van der Waals surface area contributed by atoms with Crippen molar-refractivity contribution in [2.75, 3.05) is 13.0 Å². The van der Waals surface area contributed by atoms with Crippen LogP contribution in [0, 0.1) is 5.82 Å². The van der Waals surface area contributed by atoms with E-state index >= 15 is 0 Å². The van der Waals surface area contributed by atoms with Gasteiger partial charge in [-0.1, -0.05) is 35.3 Å². The highest BCUT2D eigenvalue weighted by Crippen LogP contribution is 2.32. The summed E-state index contributed by atoms with van der Waals surface area (Å²) in [6.07, 6.45) is -2.06. The number of carboxylic acid groups (broad SMARTS) is 1. The summed E-state index contributed by atoms with van der Waals surface area (Å²) in [7, 11) is -2.67. The molecule has 0 aliphatic rings. The largest absolute Gasteiger partial charge is 0.488 e. The Labute approximate surface area is 183 Å². The summed E-state index contributed by atoms with van der Waals surface area (Å²) in [6.45, 7) is -0.245. The molecule has 0 saturated heterocycles. The predicted octanol–water partition coefficient (Wildman–Crippen LogP) is 4.51. The average molecular weight is 481 g/mol. The lowest BCUT2D eigenvalue weighted by molar-refractivity contribution is -0.138. The summed E-state index contributed by atoms with van der Waals surface area (Å²) >= 11 is 12.2. The van der Waals surface area contributed by atoms with Gasteiger partial charge in [-0.05, 0) is 29.8 Å². The van der Waals surface area contributed by atoms with Gasteiger partial charge in [0.1, 0.15) is 18.2 Å². The first-order chi connectivity index (χ1) is 14.2. The van der Waals surface area contributed by atoms with Crippen molar-refractivity contribution in [3.63, 3.8) is 0 Å². The minimum absolute atomic E-state index is 0.0401. The lowest BCUT2D eigenvalue weighted by atomic mass is 10.2. The Balaban J connectivity index is 1.89. The van der Waals surface area contributed by atoms with Crippen molar-refractivity contribution >= 4 is 37.2 Å². The van der Waals surface area contributed by atoms with E-state index in [4.69, 9.17) is 42.3 Å². The Morgan fingerprint density at radius 2 is 1.87 bits per heavy atom. The highest BCUT2D eigenvalue weighted by Gasteiger charge is 2.15. The number of carbonyl (C=O) groups is 1. The van der Waals surface area contributed by atoms with Crippen LogP contribution in [0.2, 0.25) is 10.0 Å². The lowest BCUT2D eigenvalue weighted by Gasteiger charge is -2.14. The summed E-state index contributed by atoms with van der Waals surface area (Å²) < 4.78 is 40.8. The quantitative estimate of drug-likeness (QED) is 0.261. The highest BCUT2D eigenvalue weighted by atomic mass is 35.5. The zero-order valence-electron chi connectivity index (χ0n) is 15.6. The van der Waals surface area contributed by atoms with Crippen LogP contribution in [0.4, 0.5) is 4.39 Å². The third kappa shape index (κ3) is 8.60. The summed E-state index contributed by atoms with van der Waals surface area (Å²) in [5.74, 6) is -1.19. The molecule has 2 aromatic carbocycles. The smallest absolute Gasteiger partial charge is 0.305 e. The van der Waals surface area contributed by atoms with Gasteiger partial charge >= 0.3 is 5.97 Å². The lowest BCUT2D eigenvalue weighted by Crippen LogP contribution is -2.15. The number of rotatable bonds is 12. The molecule has 0 spiro atoms. The average Bonchev–Trinajstić information content (AvgIpc) is 2.65. The van der Waals surface area contributed by atoms with Gasteiger partial charge in [-0.2, -0.15) is 0 Å². The van der Waals surface area contributed by atoms with Crippen molar-refractivity contribution in [3.05, 3.63) is 63.4 Å². The molecule has 0 aromatic heterocycles. The Bertz CT molecular complexity index is 880. The van der Waals surface area contributed by atoms with E-state index in [0.29, 0.717) is 21.4 Å². The molecule has 30 heavy (non-hydrogen) atoms. The second-order valence-corrected chi connectivity index (χ2v) is 8.50. The molecule has 0 heterocycles. The first kappa shape index (κ1) is 24.6. The molecule has 0 aliphatic carbocycles. The van der Waals surface area contributed by atoms with Crippen LogP contribution in [0.15, 0.2) is 36.4 Å².